The van der Waals surface area contributed by atoms with Gasteiger partial charge in [-0.15, -0.1) is 0 Å². The molecule has 1 aromatic rings. The number of aliphatic hydroxyl groups is 1. The number of anilines is 1. The fraction of sp³-hybridized carbons (Fsp3) is 0.533. The van der Waals surface area contributed by atoms with E-state index < -0.39 is 0 Å². The van der Waals surface area contributed by atoms with Crippen molar-refractivity contribution < 1.29 is 14.6 Å². The first-order valence-electron chi connectivity index (χ1n) is 6.89. The lowest BCUT2D eigenvalue weighted by atomic mass is 10.1. The van der Waals surface area contributed by atoms with Gasteiger partial charge in [-0.3, -0.25) is 0 Å². The summed E-state index contributed by atoms with van der Waals surface area (Å²) in [5.41, 5.74) is 1.69. The van der Waals surface area contributed by atoms with Crippen molar-refractivity contribution in [3.63, 3.8) is 0 Å². The van der Waals surface area contributed by atoms with Gasteiger partial charge in [0.1, 0.15) is 5.75 Å². The van der Waals surface area contributed by atoms with Crippen molar-refractivity contribution in [3.8, 4) is 5.75 Å². The third kappa shape index (κ3) is 4.74. The largest absolute Gasteiger partial charge is 0.494 e. The fourth-order valence-electron chi connectivity index (χ4n) is 1.72. The Morgan fingerprint density at radius 2 is 2.10 bits per heavy atom. The van der Waals surface area contributed by atoms with Crippen LogP contribution in [0.5, 0.6) is 5.75 Å². The third-order valence-corrected chi connectivity index (χ3v) is 3.23. The summed E-state index contributed by atoms with van der Waals surface area (Å²) in [5.74, 6) is 0.837. The second-order valence-corrected chi connectivity index (χ2v) is 4.96. The molecule has 0 spiro atoms. The first-order valence-corrected chi connectivity index (χ1v) is 6.89. The number of aryl methyl sites for hydroxylation is 1. The van der Waals surface area contributed by atoms with Gasteiger partial charge in [-0.25, -0.2) is 4.79 Å². The monoisotopic (exact) mass is 280 g/mol. The SMILES string of the molecule is CCOc1ccc(NC(=O)N[C@H](C)[C@@H](C)CO)cc1C. The van der Waals surface area contributed by atoms with E-state index in [2.05, 4.69) is 10.6 Å². The highest BCUT2D eigenvalue weighted by molar-refractivity contribution is 5.89. The van der Waals surface area contributed by atoms with Crippen molar-refractivity contribution in [3.05, 3.63) is 23.8 Å². The topological polar surface area (TPSA) is 70.6 Å². The number of carbonyl (C=O) groups excluding carboxylic acids is 1. The highest BCUT2D eigenvalue weighted by Gasteiger charge is 2.14. The Morgan fingerprint density at radius 1 is 1.40 bits per heavy atom. The zero-order chi connectivity index (χ0) is 15.1. The van der Waals surface area contributed by atoms with Gasteiger partial charge in [0.05, 0.1) is 6.61 Å². The number of hydrogen-bond donors (Lipinski definition) is 3. The molecule has 5 nitrogen and oxygen atoms in total. The Hall–Kier alpha value is -1.75. The summed E-state index contributed by atoms with van der Waals surface area (Å²) in [4.78, 5) is 11.8. The van der Waals surface area contributed by atoms with Gasteiger partial charge in [-0.1, -0.05) is 6.92 Å². The van der Waals surface area contributed by atoms with E-state index >= 15 is 0 Å². The van der Waals surface area contributed by atoms with Crippen molar-refractivity contribution in [2.45, 2.75) is 33.7 Å². The van der Waals surface area contributed by atoms with Crippen LogP contribution in [0.1, 0.15) is 26.3 Å². The molecule has 0 aliphatic rings. The summed E-state index contributed by atoms with van der Waals surface area (Å²) in [6.07, 6.45) is 0. The average Bonchev–Trinajstić information content (AvgIpc) is 2.40. The predicted octanol–water partition coefficient (Wildman–Crippen LogP) is 2.53. The van der Waals surface area contributed by atoms with E-state index in [1.807, 2.05) is 39.8 Å². The highest BCUT2D eigenvalue weighted by Crippen LogP contribution is 2.21. The second kappa shape index (κ2) is 7.75. The molecule has 0 bridgehead atoms. The number of benzene rings is 1. The zero-order valence-corrected chi connectivity index (χ0v) is 12.6. The molecule has 1 rings (SSSR count). The molecule has 0 saturated heterocycles. The van der Waals surface area contributed by atoms with E-state index in [-0.39, 0.29) is 24.6 Å². The van der Waals surface area contributed by atoms with Crippen molar-refractivity contribution in [2.24, 2.45) is 5.92 Å². The third-order valence-electron chi connectivity index (χ3n) is 3.23. The molecule has 2 amide bonds. The van der Waals surface area contributed by atoms with Crippen LogP contribution in [0.25, 0.3) is 0 Å². The Balaban J connectivity index is 2.60. The van der Waals surface area contributed by atoms with E-state index in [0.29, 0.717) is 12.3 Å². The van der Waals surface area contributed by atoms with E-state index in [9.17, 15) is 4.79 Å². The highest BCUT2D eigenvalue weighted by atomic mass is 16.5. The Morgan fingerprint density at radius 3 is 2.65 bits per heavy atom. The number of aliphatic hydroxyl groups excluding tert-OH is 1. The number of ether oxygens (including phenoxy) is 1. The van der Waals surface area contributed by atoms with Gasteiger partial charge in [-0.2, -0.15) is 0 Å². The number of rotatable bonds is 6. The van der Waals surface area contributed by atoms with E-state index in [1.165, 1.54) is 0 Å². The molecule has 0 heterocycles. The molecular weight excluding hydrogens is 256 g/mol. The predicted molar refractivity (Wildman–Crippen MR) is 80.2 cm³/mol. The number of urea groups is 1. The Kier molecular flexibility index (Phi) is 6.31. The Labute approximate surface area is 120 Å². The van der Waals surface area contributed by atoms with Crippen molar-refractivity contribution in [2.75, 3.05) is 18.5 Å². The molecule has 0 saturated carbocycles. The molecule has 0 fully saturated rings. The molecule has 0 radical (unpaired) electrons. The Bertz CT molecular complexity index is 449. The lowest BCUT2D eigenvalue weighted by molar-refractivity contribution is 0.204. The van der Waals surface area contributed by atoms with Crippen LogP contribution in [0.4, 0.5) is 10.5 Å². The van der Waals surface area contributed by atoms with E-state index in [0.717, 1.165) is 11.3 Å². The molecule has 0 aliphatic heterocycles. The normalized spacial score (nSPS) is 13.4. The molecule has 5 heteroatoms. The van der Waals surface area contributed by atoms with Crippen molar-refractivity contribution in [1.29, 1.82) is 0 Å². The van der Waals surface area contributed by atoms with Crippen LogP contribution >= 0.6 is 0 Å². The zero-order valence-electron chi connectivity index (χ0n) is 12.6. The molecular formula is C15H24N2O3. The number of nitrogens with one attached hydrogen (secondary N) is 2. The minimum atomic E-state index is -0.277. The van der Waals surface area contributed by atoms with Crippen LogP contribution in [-0.4, -0.2) is 30.4 Å². The van der Waals surface area contributed by atoms with Gasteiger partial charge in [0.2, 0.25) is 0 Å². The van der Waals surface area contributed by atoms with Crippen molar-refractivity contribution >= 4 is 11.7 Å². The average molecular weight is 280 g/mol. The summed E-state index contributed by atoms with van der Waals surface area (Å²) < 4.78 is 5.45. The maximum atomic E-state index is 11.8. The minimum absolute atomic E-state index is 0.0165. The molecule has 2 atom stereocenters. The first kappa shape index (κ1) is 16.3. The van der Waals surface area contributed by atoms with Gasteiger partial charge >= 0.3 is 6.03 Å². The minimum Gasteiger partial charge on any atom is -0.494 e. The smallest absolute Gasteiger partial charge is 0.319 e. The summed E-state index contributed by atoms with van der Waals surface area (Å²) in [7, 11) is 0. The van der Waals surface area contributed by atoms with E-state index in [4.69, 9.17) is 9.84 Å². The van der Waals surface area contributed by atoms with Crippen LogP contribution in [0.3, 0.4) is 0 Å². The summed E-state index contributed by atoms with van der Waals surface area (Å²) in [6, 6.07) is 5.14. The second-order valence-electron chi connectivity index (χ2n) is 4.96. The fourth-order valence-corrected chi connectivity index (χ4v) is 1.72. The molecule has 3 N–H and O–H groups in total. The molecule has 0 unspecified atom stereocenters. The summed E-state index contributed by atoms with van der Waals surface area (Å²) in [6.45, 7) is 8.28. The molecule has 20 heavy (non-hydrogen) atoms. The summed E-state index contributed by atoms with van der Waals surface area (Å²) in [5, 5.41) is 14.6. The molecule has 0 aliphatic carbocycles. The van der Waals surface area contributed by atoms with Crippen molar-refractivity contribution in [1.82, 2.24) is 5.32 Å². The number of hydrogen-bond acceptors (Lipinski definition) is 3. The molecule has 0 aromatic heterocycles. The maximum Gasteiger partial charge on any atom is 0.319 e. The van der Waals surface area contributed by atoms with Crippen LogP contribution in [0, 0.1) is 12.8 Å². The van der Waals surface area contributed by atoms with Gasteiger partial charge in [0, 0.05) is 18.3 Å². The number of carbonyl (C=O) groups is 1. The molecule has 112 valence electrons. The van der Waals surface area contributed by atoms with Gasteiger partial charge < -0.3 is 20.5 Å². The van der Waals surface area contributed by atoms with Gasteiger partial charge in [-0.05, 0) is 50.5 Å². The summed E-state index contributed by atoms with van der Waals surface area (Å²) >= 11 is 0. The van der Waals surface area contributed by atoms with Crippen LogP contribution in [0.2, 0.25) is 0 Å². The quantitative estimate of drug-likeness (QED) is 0.750. The van der Waals surface area contributed by atoms with Gasteiger partial charge in [0.25, 0.3) is 0 Å². The lowest BCUT2D eigenvalue weighted by Gasteiger charge is -2.19. The number of amides is 2. The van der Waals surface area contributed by atoms with Crippen LogP contribution < -0.4 is 15.4 Å². The first-order chi connectivity index (χ1) is 9.47. The maximum absolute atomic E-state index is 11.8. The van der Waals surface area contributed by atoms with E-state index in [1.54, 1.807) is 6.07 Å². The van der Waals surface area contributed by atoms with Crippen LogP contribution in [0.15, 0.2) is 18.2 Å². The van der Waals surface area contributed by atoms with Crippen LogP contribution in [-0.2, 0) is 0 Å². The lowest BCUT2D eigenvalue weighted by Crippen LogP contribution is -2.40. The standard InChI is InChI=1S/C15H24N2O3/c1-5-20-14-7-6-13(8-10(14)2)17-15(19)16-12(4)11(3)9-18/h6-8,11-12,18H,5,9H2,1-4H3,(H2,16,17,19)/t11-,12+/m0/s1. The van der Waals surface area contributed by atoms with Gasteiger partial charge in [0.15, 0.2) is 0 Å². The molecule has 1 aromatic carbocycles.